The number of thiazole rings is 1. The van der Waals surface area contributed by atoms with E-state index in [1.54, 1.807) is 23.1 Å². The number of carbonyl (C=O) groups excluding carboxylic acids is 1. The van der Waals surface area contributed by atoms with Crippen molar-refractivity contribution in [2.24, 2.45) is 0 Å². The lowest BCUT2D eigenvalue weighted by Crippen LogP contribution is -2.49. The first-order valence-corrected chi connectivity index (χ1v) is 11.2. The van der Waals surface area contributed by atoms with Gasteiger partial charge in [0.15, 0.2) is 5.13 Å². The monoisotopic (exact) mass is 480 g/mol. The average molecular weight is 481 g/mol. The molecular weight excluding hydrogens is 461 g/mol. The number of hydrogen-bond acceptors (Lipinski definition) is 5. The highest BCUT2D eigenvalue weighted by Gasteiger charge is 2.31. The molecule has 1 aliphatic rings. The largest absolute Gasteiger partial charge is 0.416 e. The summed E-state index contributed by atoms with van der Waals surface area (Å²) in [6, 6.07) is 12.6. The number of amides is 1. The molecule has 168 valence electrons. The summed E-state index contributed by atoms with van der Waals surface area (Å²) in [6.07, 6.45) is -4.20. The van der Waals surface area contributed by atoms with Crippen molar-refractivity contribution in [2.75, 3.05) is 36.4 Å². The van der Waals surface area contributed by atoms with E-state index < -0.39 is 11.7 Å². The molecule has 0 unspecified atom stereocenters. The number of carbonyl (C=O) groups is 1. The van der Waals surface area contributed by atoms with Crippen LogP contribution < -0.4 is 10.2 Å². The lowest BCUT2D eigenvalue weighted by molar-refractivity contribution is -0.137. The van der Waals surface area contributed by atoms with E-state index in [0.717, 1.165) is 17.8 Å². The Kier molecular flexibility index (Phi) is 6.57. The van der Waals surface area contributed by atoms with Gasteiger partial charge < -0.3 is 15.1 Å². The van der Waals surface area contributed by atoms with Crippen molar-refractivity contribution in [3.8, 4) is 0 Å². The predicted molar refractivity (Wildman–Crippen MR) is 121 cm³/mol. The Morgan fingerprint density at radius 1 is 1.09 bits per heavy atom. The minimum Gasteiger partial charge on any atom is -0.368 e. The Morgan fingerprint density at radius 3 is 2.56 bits per heavy atom. The number of hydrogen-bond donors (Lipinski definition) is 1. The van der Waals surface area contributed by atoms with Crippen molar-refractivity contribution < 1.29 is 18.0 Å². The zero-order valence-corrected chi connectivity index (χ0v) is 18.5. The van der Waals surface area contributed by atoms with Gasteiger partial charge in [0.2, 0.25) is 5.91 Å². The maximum absolute atomic E-state index is 13.0. The Labute approximate surface area is 192 Å². The molecule has 0 aliphatic carbocycles. The average Bonchev–Trinajstić information content (AvgIpc) is 3.20. The topological polar surface area (TPSA) is 48.5 Å². The number of anilines is 3. The van der Waals surface area contributed by atoms with Crippen LogP contribution in [0, 0.1) is 0 Å². The molecule has 4 rings (SSSR count). The minimum atomic E-state index is -4.37. The molecule has 0 atom stereocenters. The van der Waals surface area contributed by atoms with Crippen LogP contribution >= 0.6 is 22.9 Å². The molecule has 10 heteroatoms. The van der Waals surface area contributed by atoms with Crippen molar-refractivity contribution in [3.63, 3.8) is 0 Å². The van der Waals surface area contributed by atoms with Gasteiger partial charge in [-0.15, -0.1) is 11.3 Å². The van der Waals surface area contributed by atoms with Crippen LogP contribution in [0.15, 0.2) is 53.9 Å². The number of nitrogens with zero attached hydrogens (tertiary/aromatic N) is 3. The number of benzene rings is 2. The van der Waals surface area contributed by atoms with E-state index in [9.17, 15) is 18.0 Å². The first-order valence-electron chi connectivity index (χ1n) is 9.95. The lowest BCUT2D eigenvalue weighted by Gasteiger charge is -2.36. The van der Waals surface area contributed by atoms with Crippen LogP contribution in [0.1, 0.15) is 11.3 Å². The highest BCUT2D eigenvalue weighted by atomic mass is 35.5. The number of nitrogens with one attached hydrogen (secondary N) is 1. The van der Waals surface area contributed by atoms with Gasteiger partial charge in [-0.1, -0.05) is 23.7 Å². The molecule has 3 aromatic rings. The van der Waals surface area contributed by atoms with Crippen LogP contribution in [0.3, 0.4) is 0 Å². The molecule has 1 fully saturated rings. The quantitative estimate of drug-likeness (QED) is 0.527. The van der Waals surface area contributed by atoms with E-state index >= 15 is 0 Å². The van der Waals surface area contributed by atoms with E-state index in [-0.39, 0.29) is 12.3 Å². The third-order valence-corrected chi connectivity index (χ3v) is 6.17. The van der Waals surface area contributed by atoms with E-state index in [1.807, 2.05) is 22.4 Å². The molecule has 1 aliphatic heterocycles. The summed E-state index contributed by atoms with van der Waals surface area (Å²) in [6.45, 7) is 1.86. The van der Waals surface area contributed by atoms with Crippen LogP contribution in [-0.2, 0) is 17.4 Å². The molecule has 2 aromatic carbocycles. The molecule has 1 aromatic heterocycles. The van der Waals surface area contributed by atoms with Gasteiger partial charge in [0.1, 0.15) is 0 Å². The smallest absolute Gasteiger partial charge is 0.368 e. The lowest BCUT2D eigenvalue weighted by atomic mass is 10.1. The van der Waals surface area contributed by atoms with Gasteiger partial charge in [-0.05, 0) is 36.4 Å². The highest BCUT2D eigenvalue weighted by molar-refractivity contribution is 7.13. The third-order valence-electron chi connectivity index (χ3n) is 5.13. The highest BCUT2D eigenvalue weighted by Crippen LogP contribution is 2.32. The summed E-state index contributed by atoms with van der Waals surface area (Å²) in [5.74, 6) is -0.0479. The molecule has 0 radical (unpaired) electrons. The number of alkyl halides is 3. The standard InChI is InChI=1S/C22H20ClF3N4OS/c23-16-4-2-5-17(12-16)27-21-28-18(14-32-21)13-20(31)30-9-7-29(8-10-30)19-6-1-3-15(11-19)22(24,25)26/h1-6,11-12,14H,7-10,13H2,(H,27,28). The van der Waals surface area contributed by atoms with Crippen molar-refractivity contribution in [1.82, 2.24) is 9.88 Å². The maximum Gasteiger partial charge on any atom is 0.416 e. The second kappa shape index (κ2) is 9.38. The summed E-state index contributed by atoms with van der Waals surface area (Å²) >= 11 is 7.39. The number of aromatic nitrogens is 1. The molecule has 1 amide bonds. The molecule has 1 N–H and O–H groups in total. The molecule has 2 heterocycles. The maximum atomic E-state index is 13.0. The zero-order chi connectivity index (χ0) is 22.7. The number of piperazine rings is 1. The van der Waals surface area contributed by atoms with Crippen LogP contribution in [0.2, 0.25) is 5.02 Å². The van der Waals surface area contributed by atoms with Crippen molar-refractivity contribution in [3.05, 3.63) is 70.2 Å². The van der Waals surface area contributed by atoms with E-state index in [0.29, 0.717) is 47.7 Å². The van der Waals surface area contributed by atoms with Crippen LogP contribution in [0.25, 0.3) is 0 Å². The minimum absolute atomic E-state index is 0.0479. The van der Waals surface area contributed by atoms with Crippen LogP contribution in [0.5, 0.6) is 0 Å². The van der Waals surface area contributed by atoms with Gasteiger partial charge >= 0.3 is 6.18 Å². The normalized spacial score (nSPS) is 14.5. The van der Waals surface area contributed by atoms with Crippen molar-refractivity contribution >= 4 is 45.4 Å². The van der Waals surface area contributed by atoms with Gasteiger partial charge in [0.25, 0.3) is 0 Å². The second-order valence-corrected chi connectivity index (χ2v) is 8.67. The molecule has 32 heavy (non-hydrogen) atoms. The number of rotatable bonds is 5. The molecule has 0 saturated carbocycles. The van der Waals surface area contributed by atoms with Crippen molar-refractivity contribution in [1.29, 1.82) is 0 Å². The summed E-state index contributed by atoms with van der Waals surface area (Å²) in [7, 11) is 0. The second-order valence-electron chi connectivity index (χ2n) is 7.37. The fraction of sp³-hybridized carbons (Fsp3) is 0.273. The van der Waals surface area contributed by atoms with Gasteiger partial charge in [-0.25, -0.2) is 4.98 Å². The van der Waals surface area contributed by atoms with E-state index in [2.05, 4.69) is 10.3 Å². The van der Waals surface area contributed by atoms with Gasteiger partial charge in [0, 0.05) is 48.0 Å². The fourth-order valence-electron chi connectivity index (χ4n) is 3.50. The van der Waals surface area contributed by atoms with Crippen molar-refractivity contribution in [2.45, 2.75) is 12.6 Å². The molecular formula is C22H20ClF3N4OS. The van der Waals surface area contributed by atoms with Gasteiger partial charge in [0.05, 0.1) is 17.7 Å². The van der Waals surface area contributed by atoms with Gasteiger partial charge in [-0.3, -0.25) is 4.79 Å². The molecule has 1 saturated heterocycles. The SMILES string of the molecule is O=C(Cc1csc(Nc2cccc(Cl)c2)n1)N1CCN(c2cccc(C(F)(F)F)c2)CC1. The summed E-state index contributed by atoms with van der Waals surface area (Å²) < 4.78 is 38.9. The number of halogens is 4. The fourth-order valence-corrected chi connectivity index (χ4v) is 4.42. The van der Waals surface area contributed by atoms with Crippen LogP contribution in [0.4, 0.5) is 29.7 Å². The first kappa shape index (κ1) is 22.4. The van der Waals surface area contributed by atoms with E-state index in [4.69, 9.17) is 11.6 Å². The third kappa shape index (κ3) is 5.52. The van der Waals surface area contributed by atoms with E-state index in [1.165, 1.54) is 17.4 Å². The Hall–Kier alpha value is -2.78. The Morgan fingerprint density at radius 2 is 1.84 bits per heavy atom. The molecule has 5 nitrogen and oxygen atoms in total. The van der Waals surface area contributed by atoms with Gasteiger partial charge in [-0.2, -0.15) is 13.2 Å². The predicted octanol–water partition coefficient (Wildman–Crippen LogP) is 5.45. The summed E-state index contributed by atoms with van der Waals surface area (Å²) in [5, 5.41) is 6.29. The molecule has 0 spiro atoms. The zero-order valence-electron chi connectivity index (χ0n) is 16.9. The summed E-state index contributed by atoms with van der Waals surface area (Å²) in [4.78, 5) is 20.8. The van der Waals surface area contributed by atoms with Crippen LogP contribution in [-0.4, -0.2) is 42.0 Å². The Balaban J connectivity index is 1.31. The molecule has 0 bridgehead atoms. The first-order chi connectivity index (χ1) is 15.3. The summed E-state index contributed by atoms with van der Waals surface area (Å²) in [5.41, 5.74) is 1.34. The Bertz CT molecular complexity index is 1100.